The summed E-state index contributed by atoms with van der Waals surface area (Å²) in [6.07, 6.45) is 0. The highest BCUT2D eigenvalue weighted by atomic mass is 32.2. The summed E-state index contributed by atoms with van der Waals surface area (Å²) in [6, 6.07) is 11.8. The molecule has 0 atom stereocenters. The minimum atomic E-state index is -3.69. The molecule has 0 fully saturated rings. The fourth-order valence-corrected chi connectivity index (χ4v) is 2.55. The second-order valence-corrected chi connectivity index (χ2v) is 6.61. The molecule has 5 N–H and O–H groups in total. The number of primary sulfonamides is 1. The van der Waals surface area contributed by atoms with Crippen molar-refractivity contribution in [1.82, 2.24) is 0 Å². The van der Waals surface area contributed by atoms with Crippen molar-refractivity contribution in [3.05, 3.63) is 53.6 Å². The van der Waals surface area contributed by atoms with Crippen molar-refractivity contribution in [3.63, 3.8) is 0 Å². The van der Waals surface area contributed by atoms with E-state index in [1.54, 1.807) is 12.1 Å². The summed E-state index contributed by atoms with van der Waals surface area (Å²) in [4.78, 5) is 0.352. The van der Waals surface area contributed by atoms with Crippen molar-refractivity contribution < 1.29 is 8.42 Å². The molecule has 2 aromatic carbocycles. The number of hydrogen-bond acceptors (Lipinski definition) is 4. The van der Waals surface area contributed by atoms with Crippen LogP contribution in [-0.4, -0.2) is 13.4 Å². The van der Waals surface area contributed by atoms with Gasteiger partial charge in [0.1, 0.15) is 4.99 Å². The molecule has 0 saturated heterocycles. The molecule has 0 aromatic heterocycles. The van der Waals surface area contributed by atoms with Gasteiger partial charge in [-0.15, -0.1) is 0 Å². The van der Waals surface area contributed by atoms with Crippen LogP contribution in [0.15, 0.2) is 47.4 Å². The maximum absolute atomic E-state index is 11.2. The lowest BCUT2D eigenvalue weighted by Crippen LogP contribution is -2.13. The van der Waals surface area contributed by atoms with Gasteiger partial charge in [0.15, 0.2) is 0 Å². The summed E-state index contributed by atoms with van der Waals surface area (Å²) in [5, 5.41) is 8.23. The summed E-state index contributed by atoms with van der Waals surface area (Å²) in [5.41, 5.74) is 8.96. The number of anilines is 2. The molecule has 7 heteroatoms. The van der Waals surface area contributed by atoms with Gasteiger partial charge < -0.3 is 11.1 Å². The number of nitrogens with two attached hydrogens (primary N) is 2. The fourth-order valence-electron chi connectivity index (χ4n) is 1.86. The molecular weight excluding hydrogens is 306 g/mol. The monoisotopic (exact) mass is 321 g/mol. The molecule has 0 spiro atoms. The van der Waals surface area contributed by atoms with Gasteiger partial charge in [-0.1, -0.05) is 18.3 Å². The minimum absolute atomic E-state index is 0.0619. The number of sulfonamides is 1. The Bertz CT molecular complexity index is 784. The zero-order valence-electron chi connectivity index (χ0n) is 11.3. The number of benzene rings is 2. The lowest BCUT2D eigenvalue weighted by atomic mass is 10.1. The van der Waals surface area contributed by atoms with Crippen molar-refractivity contribution in [2.24, 2.45) is 10.9 Å². The number of thiocarbonyl (C=S) groups is 1. The molecule has 21 heavy (non-hydrogen) atoms. The van der Waals surface area contributed by atoms with Gasteiger partial charge >= 0.3 is 0 Å². The molecule has 0 unspecified atom stereocenters. The molecule has 0 radical (unpaired) electrons. The molecule has 0 saturated carbocycles. The molecule has 0 heterocycles. The number of nitrogens with one attached hydrogen (secondary N) is 1. The first kappa shape index (κ1) is 15.4. The van der Waals surface area contributed by atoms with Crippen LogP contribution in [0.2, 0.25) is 0 Å². The molecule has 0 aliphatic heterocycles. The highest BCUT2D eigenvalue weighted by molar-refractivity contribution is 7.89. The Hall–Kier alpha value is -1.96. The summed E-state index contributed by atoms with van der Waals surface area (Å²) in [6.45, 7) is 1.96. The molecule has 0 amide bonds. The van der Waals surface area contributed by atoms with Crippen LogP contribution in [0, 0.1) is 6.92 Å². The maximum atomic E-state index is 11.2. The molecule has 5 nitrogen and oxygen atoms in total. The zero-order valence-corrected chi connectivity index (χ0v) is 13.0. The van der Waals surface area contributed by atoms with E-state index >= 15 is 0 Å². The van der Waals surface area contributed by atoms with Crippen LogP contribution >= 0.6 is 12.2 Å². The molecule has 0 aliphatic carbocycles. The average Bonchev–Trinajstić information content (AvgIpc) is 2.38. The van der Waals surface area contributed by atoms with E-state index in [1.807, 2.05) is 25.1 Å². The van der Waals surface area contributed by atoms with Crippen LogP contribution in [0.25, 0.3) is 0 Å². The van der Waals surface area contributed by atoms with Gasteiger partial charge in [-0.3, -0.25) is 0 Å². The molecular formula is C14H15N3O2S2. The lowest BCUT2D eigenvalue weighted by Gasteiger charge is -2.12. The summed E-state index contributed by atoms with van der Waals surface area (Å²) in [7, 11) is -3.69. The zero-order chi connectivity index (χ0) is 15.6. The van der Waals surface area contributed by atoms with Crippen molar-refractivity contribution in [1.29, 1.82) is 0 Å². The summed E-state index contributed by atoms with van der Waals surface area (Å²) >= 11 is 5.02. The number of hydrogen-bond donors (Lipinski definition) is 3. The van der Waals surface area contributed by atoms with Crippen molar-refractivity contribution in [3.8, 4) is 0 Å². The molecule has 0 aliphatic rings. The van der Waals surface area contributed by atoms with Crippen LogP contribution in [0.4, 0.5) is 11.4 Å². The van der Waals surface area contributed by atoms with E-state index in [-0.39, 0.29) is 4.90 Å². The average molecular weight is 321 g/mol. The smallest absolute Gasteiger partial charge is 0.238 e. The van der Waals surface area contributed by atoms with Crippen LogP contribution in [0.5, 0.6) is 0 Å². The van der Waals surface area contributed by atoms with E-state index < -0.39 is 10.0 Å². The normalized spacial score (nSPS) is 11.1. The van der Waals surface area contributed by atoms with Crippen molar-refractivity contribution in [2.75, 3.05) is 5.32 Å². The minimum Gasteiger partial charge on any atom is -0.389 e. The van der Waals surface area contributed by atoms with Crippen LogP contribution in [-0.2, 0) is 10.0 Å². The maximum Gasteiger partial charge on any atom is 0.238 e. The van der Waals surface area contributed by atoms with Gasteiger partial charge in [0, 0.05) is 16.9 Å². The van der Waals surface area contributed by atoms with Gasteiger partial charge in [0.2, 0.25) is 10.0 Å². The van der Waals surface area contributed by atoms with Gasteiger partial charge in [-0.2, -0.15) is 0 Å². The van der Waals surface area contributed by atoms with E-state index in [0.717, 1.165) is 16.8 Å². The van der Waals surface area contributed by atoms with E-state index in [4.69, 9.17) is 23.1 Å². The Morgan fingerprint density at radius 3 is 2.29 bits per heavy atom. The van der Waals surface area contributed by atoms with E-state index in [0.29, 0.717) is 10.7 Å². The van der Waals surface area contributed by atoms with Crippen molar-refractivity contribution >= 4 is 38.6 Å². The van der Waals surface area contributed by atoms with Gasteiger partial charge in [0.25, 0.3) is 0 Å². The topological polar surface area (TPSA) is 98.2 Å². The predicted molar refractivity (Wildman–Crippen MR) is 88.2 cm³/mol. The Kier molecular flexibility index (Phi) is 4.26. The van der Waals surface area contributed by atoms with E-state index in [9.17, 15) is 8.42 Å². The van der Waals surface area contributed by atoms with Crippen LogP contribution < -0.4 is 16.2 Å². The number of aryl methyl sites for hydroxylation is 1. The van der Waals surface area contributed by atoms with E-state index in [1.165, 1.54) is 12.1 Å². The Morgan fingerprint density at radius 1 is 1.14 bits per heavy atom. The van der Waals surface area contributed by atoms with Gasteiger partial charge in [-0.05, 0) is 48.9 Å². The highest BCUT2D eigenvalue weighted by Crippen LogP contribution is 2.23. The third kappa shape index (κ3) is 3.78. The van der Waals surface area contributed by atoms with Gasteiger partial charge in [-0.25, -0.2) is 13.6 Å². The van der Waals surface area contributed by atoms with Crippen molar-refractivity contribution in [2.45, 2.75) is 11.8 Å². The first-order valence-corrected chi connectivity index (χ1v) is 8.03. The molecule has 2 rings (SSSR count). The first-order valence-electron chi connectivity index (χ1n) is 6.08. The first-order chi connectivity index (χ1) is 9.77. The molecule has 2 aromatic rings. The second kappa shape index (κ2) is 5.80. The quantitative estimate of drug-likeness (QED) is 0.748. The largest absolute Gasteiger partial charge is 0.389 e. The van der Waals surface area contributed by atoms with Crippen LogP contribution in [0.3, 0.4) is 0 Å². The molecule has 110 valence electrons. The Balaban J connectivity index is 2.34. The third-order valence-electron chi connectivity index (χ3n) is 2.90. The SMILES string of the molecule is Cc1ccc(C(N)=S)c(Nc2ccc(S(N)(=O)=O)cc2)c1. The van der Waals surface area contributed by atoms with E-state index in [2.05, 4.69) is 5.32 Å². The second-order valence-electron chi connectivity index (χ2n) is 4.61. The third-order valence-corrected chi connectivity index (χ3v) is 4.05. The standard InChI is InChI=1S/C14H15N3O2S2/c1-9-2-7-12(14(15)20)13(8-9)17-10-3-5-11(6-4-10)21(16,18)19/h2-8,17H,1H3,(H2,15,20)(H2,16,18,19). The summed E-state index contributed by atoms with van der Waals surface area (Å²) in [5.74, 6) is 0. The fraction of sp³-hybridized carbons (Fsp3) is 0.0714. The summed E-state index contributed by atoms with van der Waals surface area (Å²) < 4.78 is 22.4. The highest BCUT2D eigenvalue weighted by Gasteiger charge is 2.09. The van der Waals surface area contributed by atoms with Gasteiger partial charge in [0.05, 0.1) is 4.90 Å². The Labute approximate surface area is 129 Å². The number of rotatable bonds is 4. The lowest BCUT2D eigenvalue weighted by molar-refractivity contribution is 0.598. The predicted octanol–water partition coefficient (Wildman–Crippen LogP) is 2.02. The van der Waals surface area contributed by atoms with Crippen LogP contribution in [0.1, 0.15) is 11.1 Å². The molecule has 0 bridgehead atoms. The Morgan fingerprint density at radius 2 is 1.76 bits per heavy atom.